The monoisotopic (exact) mass is 298 g/mol. The predicted octanol–water partition coefficient (Wildman–Crippen LogP) is 3.40. The van der Waals surface area contributed by atoms with Gasteiger partial charge >= 0.3 is 0 Å². The molecule has 5 heteroatoms. The molecule has 1 aliphatic carbocycles. The van der Waals surface area contributed by atoms with Crippen molar-refractivity contribution < 1.29 is 9.84 Å². The number of methoxy groups -OCH3 is 1. The Morgan fingerprint density at radius 3 is 2.85 bits per heavy atom. The molecular weight excluding hydrogens is 272 g/mol. The molecule has 0 saturated heterocycles. The summed E-state index contributed by atoms with van der Waals surface area (Å²) in [5.41, 5.74) is 0.831. The normalized spacial score (nSPS) is 18.1. The number of aryl methyl sites for hydroxylation is 1. The second-order valence-electron chi connectivity index (χ2n) is 5.43. The van der Waals surface area contributed by atoms with E-state index in [0.717, 1.165) is 24.4 Å². The highest BCUT2D eigenvalue weighted by atomic mass is 32.2. The molecule has 20 heavy (non-hydrogen) atoms. The maximum Gasteiger partial charge on any atom is 0.162 e. The molecule has 2 rings (SSSR count). The van der Waals surface area contributed by atoms with Gasteiger partial charge in [-0.05, 0) is 19.3 Å². The molecule has 1 atom stereocenters. The topological polar surface area (TPSA) is 47.3 Å². The Hall–Kier alpha value is -0.680. The average Bonchev–Trinajstić information content (AvgIpc) is 2.89. The highest BCUT2D eigenvalue weighted by molar-refractivity contribution is 7.99. The smallest absolute Gasteiger partial charge is 0.162 e. The maximum absolute atomic E-state index is 10.5. The number of rotatable bonds is 7. The maximum atomic E-state index is 10.5. The Labute approximate surface area is 125 Å². The fourth-order valence-electron chi connectivity index (χ4n) is 2.80. The number of aliphatic hydroxyl groups excluding tert-OH is 1. The van der Waals surface area contributed by atoms with E-state index in [1.165, 1.54) is 32.1 Å². The molecule has 1 unspecified atom stereocenters. The Morgan fingerprint density at radius 1 is 1.45 bits per heavy atom. The van der Waals surface area contributed by atoms with Crippen molar-refractivity contribution in [3.8, 4) is 5.75 Å². The van der Waals surface area contributed by atoms with E-state index < -0.39 is 6.10 Å². The lowest BCUT2D eigenvalue weighted by molar-refractivity contribution is 0.186. The van der Waals surface area contributed by atoms with Gasteiger partial charge in [0.2, 0.25) is 0 Å². The Balaban J connectivity index is 1.96. The zero-order chi connectivity index (χ0) is 14.4. The van der Waals surface area contributed by atoms with Crippen molar-refractivity contribution in [2.45, 2.75) is 63.3 Å². The van der Waals surface area contributed by atoms with E-state index in [1.54, 1.807) is 13.3 Å². The summed E-state index contributed by atoms with van der Waals surface area (Å²) < 4.78 is 7.21. The molecule has 1 heterocycles. The molecule has 0 bridgehead atoms. The van der Waals surface area contributed by atoms with Gasteiger partial charge in [-0.2, -0.15) is 16.9 Å². The van der Waals surface area contributed by atoms with Gasteiger partial charge in [0, 0.05) is 17.5 Å². The van der Waals surface area contributed by atoms with Crippen LogP contribution < -0.4 is 4.74 Å². The molecule has 0 aromatic carbocycles. The van der Waals surface area contributed by atoms with E-state index in [-0.39, 0.29) is 0 Å². The van der Waals surface area contributed by atoms with Crippen LogP contribution in [0.25, 0.3) is 0 Å². The standard InChI is InChI=1S/C15H26N2O2S/c1-3-9-17-15(14(19-2)10-16-17)13(18)11-20-12-7-5-4-6-8-12/h10,12-13,18H,3-9,11H2,1-2H3. The van der Waals surface area contributed by atoms with E-state index >= 15 is 0 Å². The first kappa shape index (κ1) is 15.7. The summed E-state index contributed by atoms with van der Waals surface area (Å²) in [6.07, 6.45) is 8.85. The van der Waals surface area contributed by atoms with Crippen molar-refractivity contribution in [2.24, 2.45) is 0 Å². The molecule has 0 radical (unpaired) electrons. The fourth-order valence-corrected chi connectivity index (χ4v) is 4.08. The fraction of sp³-hybridized carbons (Fsp3) is 0.800. The van der Waals surface area contributed by atoms with Gasteiger partial charge in [-0.3, -0.25) is 4.68 Å². The molecule has 1 N–H and O–H groups in total. The lowest BCUT2D eigenvalue weighted by Crippen LogP contribution is -2.15. The van der Waals surface area contributed by atoms with Crippen LogP contribution in [0.15, 0.2) is 6.20 Å². The summed E-state index contributed by atoms with van der Waals surface area (Å²) in [5, 5.41) is 15.5. The van der Waals surface area contributed by atoms with Crippen molar-refractivity contribution in [1.82, 2.24) is 9.78 Å². The van der Waals surface area contributed by atoms with Crippen LogP contribution in [0.2, 0.25) is 0 Å². The van der Waals surface area contributed by atoms with Crippen molar-refractivity contribution in [1.29, 1.82) is 0 Å². The molecule has 1 aromatic heterocycles. The van der Waals surface area contributed by atoms with Gasteiger partial charge < -0.3 is 9.84 Å². The van der Waals surface area contributed by atoms with Crippen molar-refractivity contribution >= 4 is 11.8 Å². The molecule has 0 spiro atoms. The highest BCUT2D eigenvalue weighted by Gasteiger charge is 2.22. The third-order valence-corrected chi connectivity index (χ3v) is 5.31. The summed E-state index contributed by atoms with van der Waals surface area (Å²) in [4.78, 5) is 0. The Kier molecular flexibility index (Phi) is 6.23. The minimum Gasteiger partial charge on any atom is -0.493 e. The van der Waals surface area contributed by atoms with Crippen LogP contribution in [-0.2, 0) is 6.54 Å². The summed E-state index contributed by atoms with van der Waals surface area (Å²) >= 11 is 1.90. The summed E-state index contributed by atoms with van der Waals surface area (Å²) in [6.45, 7) is 2.94. The van der Waals surface area contributed by atoms with Crippen molar-refractivity contribution in [3.05, 3.63) is 11.9 Å². The quantitative estimate of drug-likeness (QED) is 0.838. The molecule has 1 aromatic rings. The SMILES string of the molecule is CCCn1ncc(OC)c1C(O)CSC1CCCCC1. The molecular formula is C15H26N2O2S. The zero-order valence-electron chi connectivity index (χ0n) is 12.5. The number of nitrogens with zero attached hydrogens (tertiary/aromatic N) is 2. The van der Waals surface area contributed by atoms with Crippen LogP contribution in [0.1, 0.15) is 57.2 Å². The van der Waals surface area contributed by atoms with E-state index in [4.69, 9.17) is 4.74 Å². The second kappa shape index (κ2) is 7.93. The molecule has 1 aliphatic rings. The van der Waals surface area contributed by atoms with Crippen LogP contribution >= 0.6 is 11.8 Å². The third kappa shape index (κ3) is 3.92. The number of thioether (sulfide) groups is 1. The van der Waals surface area contributed by atoms with E-state index in [0.29, 0.717) is 11.0 Å². The Morgan fingerprint density at radius 2 is 2.20 bits per heavy atom. The molecule has 0 amide bonds. The summed E-state index contributed by atoms with van der Waals surface area (Å²) in [6, 6.07) is 0. The lowest BCUT2D eigenvalue weighted by atomic mass is 10.0. The Bertz CT molecular complexity index is 403. The average molecular weight is 298 g/mol. The minimum atomic E-state index is -0.495. The van der Waals surface area contributed by atoms with Gasteiger partial charge in [0.1, 0.15) is 11.8 Å². The van der Waals surface area contributed by atoms with Crippen LogP contribution in [0.4, 0.5) is 0 Å². The van der Waals surface area contributed by atoms with Crippen molar-refractivity contribution in [2.75, 3.05) is 12.9 Å². The number of ether oxygens (including phenoxy) is 1. The van der Waals surface area contributed by atoms with E-state index in [9.17, 15) is 5.11 Å². The molecule has 4 nitrogen and oxygen atoms in total. The van der Waals surface area contributed by atoms with Crippen LogP contribution in [0.3, 0.4) is 0 Å². The van der Waals surface area contributed by atoms with Gasteiger partial charge in [-0.15, -0.1) is 0 Å². The van der Waals surface area contributed by atoms with Gasteiger partial charge in [0.05, 0.1) is 13.3 Å². The van der Waals surface area contributed by atoms with E-state index in [2.05, 4.69) is 12.0 Å². The molecule has 1 saturated carbocycles. The third-order valence-electron chi connectivity index (χ3n) is 3.86. The number of aromatic nitrogens is 2. The molecule has 114 valence electrons. The second-order valence-corrected chi connectivity index (χ2v) is 6.76. The lowest BCUT2D eigenvalue weighted by Gasteiger charge is -2.22. The van der Waals surface area contributed by atoms with Gasteiger partial charge in [0.15, 0.2) is 5.75 Å². The first-order valence-electron chi connectivity index (χ1n) is 7.65. The summed E-state index contributed by atoms with van der Waals surface area (Å²) in [5.74, 6) is 1.44. The number of aliphatic hydroxyl groups is 1. The van der Waals surface area contributed by atoms with Gasteiger partial charge in [-0.25, -0.2) is 0 Å². The molecule has 1 fully saturated rings. The van der Waals surface area contributed by atoms with Crippen LogP contribution in [0.5, 0.6) is 5.75 Å². The van der Waals surface area contributed by atoms with Crippen LogP contribution in [0, 0.1) is 0 Å². The first-order valence-corrected chi connectivity index (χ1v) is 8.70. The largest absolute Gasteiger partial charge is 0.493 e. The van der Waals surface area contributed by atoms with Crippen molar-refractivity contribution in [3.63, 3.8) is 0 Å². The van der Waals surface area contributed by atoms with Gasteiger partial charge in [-0.1, -0.05) is 26.2 Å². The van der Waals surface area contributed by atoms with Crippen LogP contribution in [-0.4, -0.2) is 33.0 Å². The van der Waals surface area contributed by atoms with E-state index in [1.807, 2.05) is 16.4 Å². The zero-order valence-corrected chi connectivity index (χ0v) is 13.4. The molecule has 0 aliphatic heterocycles. The minimum absolute atomic E-state index is 0.495. The first-order chi connectivity index (χ1) is 9.76. The number of hydrogen-bond donors (Lipinski definition) is 1. The highest BCUT2D eigenvalue weighted by Crippen LogP contribution is 2.33. The summed E-state index contributed by atoms with van der Waals surface area (Å²) in [7, 11) is 1.64. The van der Waals surface area contributed by atoms with Gasteiger partial charge in [0.25, 0.3) is 0 Å². The predicted molar refractivity (Wildman–Crippen MR) is 83.4 cm³/mol. The number of hydrogen-bond acceptors (Lipinski definition) is 4.